The van der Waals surface area contributed by atoms with Crippen molar-refractivity contribution in [2.75, 3.05) is 37.3 Å². The van der Waals surface area contributed by atoms with E-state index < -0.39 is 0 Å². The quantitative estimate of drug-likeness (QED) is 0.595. The first kappa shape index (κ1) is 25.1. The Morgan fingerprint density at radius 3 is 2.55 bits per heavy atom. The van der Waals surface area contributed by atoms with Crippen molar-refractivity contribution in [3.05, 3.63) is 53.6 Å². The van der Waals surface area contributed by atoms with E-state index in [2.05, 4.69) is 10.2 Å². The second-order valence-corrected chi connectivity index (χ2v) is 7.12. The molecule has 5 nitrogen and oxygen atoms in total. The molecular formula is C22H31Cl2N3O2. The lowest BCUT2D eigenvalue weighted by Crippen LogP contribution is -2.25. The standard InChI is InChI=1S/C22H29N3O2.2ClH/c1-17-16-19(9-10-21(17)27-15-14-25-12-4-5-13-25)24-22(26)11-8-18-6-2-3-7-20(18)23;;/h2-3,6-7,9-10,16H,4-5,8,11-15,23H2,1H3,(H,24,26);2*1H. The second-order valence-electron chi connectivity index (χ2n) is 7.12. The monoisotopic (exact) mass is 439 g/mol. The molecule has 1 saturated heterocycles. The molecule has 0 aliphatic carbocycles. The maximum Gasteiger partial charge on any atom is 0.224 e. The number of nitrogens with zero attached hydrogens (tertiary/aromatic N) is 1. The van der Waals surface area contributed by atoms with E-state index in [4.69, 9.17) is 10.5 Å². The van der Waals surface area contributed by atoms with Crippen molar-refractivity contribution in [2.24, 2.45) is 0 Å². The number of benzene rings is 2. The molecule has 0 unspecified atom stereocenters. The maximum absolute atomic E-state index is 12.2. The van der Waals surface area contributed by atoms with Crippen LogP contribution in [0.25, 0.3) is 0 Å². The molecule has 1 fully saturated rings. The highest BCUT2D eigenvalue weighted by Crippen LogP contribution is 2.22. The highest BCUT2D eigenvalue weighted by Gasteiger charge is 2.11. The molecule has 0 radical (unpaired) electrons. The van der Waals surface area contributed by atoms with E-state index in [-0.39, 0.29) is 30.7 Å². The highest BCUT2D eigenvalue weighted by molar-refractivity contribution is 5.91. The number of ether oxygens (including phenoxy) is 1. The number of carbonyl (C=O) groups excluding carboxylic acids is 1. The van der Waals surface area contributed by atoms with Crippen molar-refractivity contribution in [2.45, 2.75) is 32.6 Å². The van der Waals surface area contributed by atoms with Gasteiger partial charge >= 0.3 is 0 Å². The van der Waals surface area contributed by atoms with Crippen molar-refractivity contribution in [3.8, 4) is 5.75 Å². The summed E-state index contributed by atoms with van der Waals surface area (Å²) >= 11 is 0. The Balaban J connectivity index is 0.00000210. The summed E-state index contributed by atoms with van der Waals surface area (Å²) in [6.07, 6.45) is 3.63. The van der Waals surface area contributed by atoms with Crippen LogP contribution >= 0.6 is 24.8 Å². The second kappa shape index (κ2) is 12.6. The lowest BCUT2D eigenvalue weighted by molar-refractivity contribution is -0.116. The van der Waals surface area contributed by atoms with Crippen molar-refractivity contribution in [1.29, 1.82) is 0 Å². The predicted molar refractivity (Wildman–Crippen MR) is 125 cm³/mol. The first-order valence-electron chi connectivity index (χ1n) is 9.71. The number of nitrogens with two attached hydrogens (primary N) is 1. The molecule has 160 valence electrons. The minimum atomic E-state index is -0.0136. The molecule has 1 aliphatic heterocycles. The van der Waals surface area contributed by atoms with E-state index in [0.29, 0.717) is 19.4 Å². The summed E-state index contributed by atoms with van der Waals surface area (Å²) < 4.78 is 5.91. The first-order valence-corrected chi connectivity index (χ1v) is 9.71. The van der Waals surface area contributed by atoms with Crippen LogP contribution in [0.1, 0.15) is 30.4 Å². The number of hydrogen-bond donors (Lipinski definition) is 2. The molecule has 1 aliphatic rings. The zero-order chi connectivity index (χ0) is 19.1. The minimum absolute atomic E-state index is 0. The fraction of sp³-hybridized carbons (Fsp3) is 0.409. The molecule has 2 aromatic carbocycles. The number of rotatable bonds is 8. The Kier molecular flexibility index (Phi) is 10.9. The van der Waals surface area contributed by atoms with Crippen LogP contribution in [0.15, 0.2) is 42.5 Å². The van der Waals surface area contributed by atoms with Crippen molar-refractivity contribution in [3.63, 3.8) is 0 Å². The molecule has 0 aromatic heterocycles. The molecule has 1 amide bonds. The van der Waals surface area contributed by atoms with E-state index >= 15 is 0 Å². The van der Waals surface area contributed by atoms with E-state index in [9.17, 15) is 4.79 Å². The summed E-state index contributed by atoms with van der Waals surface area (Å²) in [7, 11) is 0. The van der Waals surface area contributed by atoms with Gasteiger partial charge < -0.3 is 15.8 Å². The van der Waals surface area contributed by atoms with Gasteiger partial charge in [0.25, 0.3) is 0 Å². The average molecular weight is 440 g/mol. The number of aryl methyl sites for hydroxylation is 2. The molecule has 0 spiro atoms. The number of nitrogens with one attached hydrogen (secondary N) is 1. The summed E-state index contributed by atoms with van der Waals surface area (Å²) in [6.45, 7) is 6.04. The van der Waals surface area contributed by atoms with Crippen LogP contribution in [0.3, 0.4) is 0 Å². The number of anilines is 2. The minimum Gasteiger partial charge on any atom is -0.492 e. The van der Waals surface area contributed by atoms with Gasteiger partial charge in [-0.2, -0.15) is 0 Å². The van der Waals surface area contributed by atoms with Gasteiger partial charge in [-0.05, 0) is 74.7 Å². The number of halogens is 2. The molecule has 3 rings (SSSR count). The van der Waals surface area contributed by atoms with Crippen LogP contribution in [-0.4, -0.2) is 37.0 Å². The number of nitrogen functional groups attached to an aromatic ring is 1. The van der Waals surface area contributed by atoms with Crippen LogP contribution in [-0.2, 0) is 11.2 Å². The third kappa shape index (κ3) is 7.77. The van der Waals surface area contributed by atoms with Crippen LogP contribution in [0, 0.1) is 6.92 Å². The molecule has 2 aromatic rings. The summed E-state index contributed by atoms with van der Waals surface area (Å²) in [5, 5.41) is 2.96. The zero-order valence-electron chi connectivity index (χ0n) is 16.9. The zero-order valence-corrected chi connectivity index (χ0v) is 18.5. The number of likely N-dealkylation sites (tertiary alicyclic amines) is 1. The lowest BCUT2D eigenvalue weighted by Gasteiger charge is -2.16. The van der Waals surface area contributed by atoms with Gasteiger partial charge in [-0.1, -0.05) is 18.2 Å². The lowest BCUT2D eigenvalue weighted by atomic mass is 10.1. The highest BCUT2D eigenvalue weighted by atomic mass is 35.5. The van der Waals surface area contributed by atoms with E-state index in [1.165, 1.54) is 25.9 Å². The Hall–Kier alpha value is -1.95. The summed E-state index contributed by atoms with van der Waals surface area (Å²) in [6, 6.07) is 13.4. The van der Waals surface area contributed by atoms with Gasteiger partial charge in [-0.25, -0.2) is 0 Å². The molecule has 0 atom stereocenters. The molecule has 3 N–H and O–H groups in total. The van der Waals surface area contributed by atoms with Gasteiger partial charge in [0.15, 0.2) is 0 Å². The smallest absolute Gasteiger partial charge is 0.224 e. The van der Waals surface area contributed by atoms with Gasteiger partial charge in [0, 0.05) is 24.3 Å². The van der Waals surface area contributed by atoms with Crippen molar-refractivity contribution < 1.29 is 9.53 Å². The van der Waals surface area contributed by atoms with E-state index in [1.807, 2.05) is 49.4 Å². The fourth-order valence-electron chi connectivity index (χ4n) is 3.41. The summed E-state index contributed by atoms with van der Waals surface area (Å²) in [5.41, 5.74) is 9.49. The van der Waals surface area contributed by atoms with Gasteiger partial charge in [0.1, 0.15) is 12.4 Å². The van der Waals surface area contributed by atoms with Gasteiger partial charge in [-0.15, -0.1) is 24.8 Å². The van der Waals surface area contributed by atoms with Crippen LogP contribution in [0.4, 0.5) is 11.4 Å². The Bertz CT molecular complexity index is 780. The van der Waals surface area contributed by atoms with Crippen LogP contribution < -0.4 is 15.8 Å². The van der Waals surface area contributed by atoms with Crippen LogP contribution in [0.5, 0.6) is 5.75 Å². The molecular weight excluding hydrogens is 409 g/mol. The summed E-state index contributed by atoms with van der Waals surface area (Å²) in [4.78, 5) is 14.7. The number of carbonyl (C=O) groups is 1. The fourth-order valence-corrected chi connectivity index (χ4v) is 3.41. The number of hydrogen-bond acceptors (Lipinski definition) is 4. The van der Waals surface area contributed by atoms with Gasteiger partial charge in [-0.3, -0.25) is 9.69 Å². The molecule has 1 heterocycles. The maximum atomic E-state index is 12.2. The number of para-hydroxylation sites is 1. The molecule has 7 heteroatoms. The van der Waals surface area contributed by atoms with E-state index in [0.717, 1.165) is 34.8 Å². The third-order valence-electron chi connectivity index (χ3n) is 5.00. The first-order chi connectivity index (χ1) is 13.1. The number of amides is 1. The van der Waals surface area contributed by atoms with Gasteiger partial charge in [0.05, 0.1) is 0 Å². The molecule has 29 heavy (non-hydrogen) atoms. The normalized spacial score (nSPS) is 13.3. The van der Waals surface area contributed by atoms with Crippen molar-refractivity contribution >= 4 is 42.1 Å². The predicted octanol–water partition coefficient (Wildman–Crippen LogP) is 4.47. The summed E-state index contributed by atoms with van der Waals surface area (Å²) in [5.74, 6) is 0.865. The SMILES string of the molecule is Cc1cc(NC(=O)CCc2ccccc2N)ccc1OCCN1CCCC1.Cl.Cl. The average Bonchev–Trinajstić information content (AvgIpc) is 3.16. The Morgan fingerprint density at radius 2 is 1.86 bits per heavy atom. The van der Waals surface area contributed by atoms with Crippen LogP contribution in [0.2, 0.25) is 0 Å². The largest absolute Gasteiger partial charge is 0.492 e. The topological polar surface area (TPSA) is 67.6 Å². The van der Waals surface area contributed by atoms with Crippen molar-refractivity contribution in [1.82, 2.24) is 4.90 Å². The Morgan fingerprint density at radius 1 is 1.14 bits per heavy atom. The molecule has 0 bridgehead atoms. The molecule has 0 saturated carbocycles. The van der Waals surface area contributed by atoms with Gasteiger partial charge in [0.2, 0.25) is 5.91 Å². The third-order valence-corrected chi connectivity index (χ3v) is 5.00. The van der Waals surface area contributed by atoms with E-state index in [1.54, 1.807) is 0 Å². The Labute approximate surface area is 185 Å².